The van der Waals surface area contributed by atoms with Gasteiger partial charge in [0.25, 0.3) is 11.5 Å². The van der Waals surface area contributed by atoms with Gasteiger partial charge < -0.3 is 14.6 Å². The van der Waals surface area contributed by atoms with Crippen LogP contribution in [0.15, 0.2) is 71.7 Å². The van der Waals surface area contributed by atoms with Crippen molar-refractivity contribution in [1.82, 2.24) is 4.57 Å². The van der Waals surface area contributed by atoms with Crippen molar-refractivity contribution in [3.05, 3.63) is 93.4 Å². The van der Waals surface area contributed by atoms with Crippen LogP contribution in [0, 0.1) is 0 Å². The van der Waals surface area contributed by atoms with Gasteiger partial charge in [0.05, 0.1) is 17.8 Å². The fourth-order valence-electron chi connectivity index (χ4n) is 2.71. The zero-order valence-electron chi connectivity index (χ0n) is 15.4. The van der Waals surface area contributed by atoms with Crippen molar-refractivity contribution in [2.45, 2.75) is 12.7 Å². The summed E-state index contributed by atoms with van der Waals surface area (Å²) in [6, 6.07) is 14.3. The number of para-hydroxylation sites is 1. The molecule has 3 aromatic rings. The molecule has 0 aliphatic rings. The molecule has 3 rings (SSSR count). The van der Waals surface area contributed by atoms with Gasteiger partial charge in [0.2, 0.25) is 0 Å². The molecule has 0 radical (unpaired) electrons. The largest absolute Gasteiger partial charge is 0.483 e. The summed E-state index contributed by atoms with van der Waals surface area (Å²) in [6.07, 6.45) is -3.17. The molecule has 0 spiro atoms. The minimum atomic E-state index is -4.60. The van der Waals surface area contributed by atoms with Gasteiger partial charge in [-0.1, -0.05) is 41.9 Å². The third-order valence-corrected chi connectivity index (χ3v) is 4.49. The first-order chi connectivity index (χ1) is 14.2. The number of hydrogen-bond acceptors (Lipinski definition) is 3. The number of pyridine rings is 1. The number of amides is 1. The number of nitrogens with zero attached hydrogens (tertiary/aromatic N) is 1. The molecule has 0 saturated carbocycles. The average Bonchev–Trinajstić information content (AvgIpc) is 2.70. The van der Waals surface area contributed by atoms with Gasteiger partial charge in [-0.2, -0.15) is 13.2 Å². The van der Waals surface area contributed by atoms with Crippen molar-refractivity contribution in [2.24, 2.45) is 0 Å². The number of hydrogen-bond donors (Lipinski definition) is 1. The van der Waals surface area contributed by atoms with Crippen molar-refractivity contribution in [3.63, 3.8) is 0 Å². The Morgan fingerprint density at radius 2 is 1.73 bits per heavy atom. The van der Waals surface area contributed by atoms with Crippen LogP contribution in [0.4, 0.5) is 18.9 Å². The van der Waals surface area contributed by atoms with E-state index in [1.807, 2.05) is 0 Å². The maximum Gasteiger partial charge on any atom is 0.419 e. The molecule has 156 valence electrons. The van der Waals surface area contributed by atoms with E-state index in [0.717, 1.165) is 17.7 Å². The van der Waals surface area contributed by atoms with E-state index in [-0.39, 0.29) is 12.1 Å². The minimum absolute atomic E-state index is 0.192. The summed E-state index contributed by atoms with van der Waals surface area (Å²) < 4.78 is 45.4. The summed E-state index contributed by atoms with van der Waals surface area (Å²) in [6.45, 7) is -0.436. The van der Waals surface area contributed by atoms with E-state index in [4.69, 9.17) is 16.3 Å². The second kappa shape index (κ2) is 9.04. The van der Waals surface area contributed by atoms with Crippen LogP contribution in [0.3, 0.4) is 0 Å². The van der Waals surface area contributed by atoms with Gasteiger partial charge in [0, 0.05) is 17.3 Å². The summed E-state index contributed by atoms with van der Waals surface area (Å²) in [5.74, 6) is -1.11. The number of ether oxygens (including phenoxy) is 1. The van der Waals surface area contributed by atoms with Crippen LogP contribution in [0.1, 0.15) is 11.1 Å². The second-order valence-corrected chi connectivity index (χ2v) is 6.71. The Balaban J connectivity index is 1.68. The molecule has 1 N–H and O–H groups in total. The maximum atomic E-state index is 13.0. The number of benzene rings is 2. The molecule has 0 bridgehead atoms. The zero-order chi connectivity index (χ0) is 21.7. The van der Waals surface area contributed by atoms with Gasteiger partial charge in [0.15, 0.2) is 6.61 Å². The summed E-state index contributed by atoms with van der Waals surface area (Å²) in [5, 5.41) is 3.00. The van der Waals surface area contributed by atoms with Crippen LogP contribution in [0.2, 0.25) is 5.02 Å². The van der Waals surface area contributed by atoms with Gasteiger partial charge in [-0.25, -0.2) is 0 Å². The van der Waals surface area contributed by atoms with Gasteiger partial charge in [-0.3, -0.25) is 9.59 Å². The zero-order valence-corrected chi connectivity index (χ0v) is 16.2. The molecular formula is C21H16ClF3N2O3. The van der Waals surface area contributed by atoms with Gasteiger partial charge >= 0.3 is 6.18 Å². The maximum absolute atomic E-state index is 13.0. The van der Waals surface area contributed by atoms with E-state index in [9.17, 15) is 22.8 Å². The third-order valence-electron chi connectivity index (χ3n) is 4.12. The van der Waals surface area contributed by atoms with Gasteiger partial charge in [-0.05, 0) is 29.8 Å². The molecule has 1 aromatic heterocycles. The topological polar surface area (TPSA) is 60.3 Å². The molecular weight excluding hydrogens is 421 g/mol. The fraction of sp³-hybridized carbons (Fsp3) is 0.143. The van der Waals surface area contributed by atoms with Crippen molar-refractivity contribution < 1.29 is 22.7 Å². The number of carbonyl (C=O) groups excluding carboxylic acids is 1. The molecule has 1 amide bonds. The van der Waals surface area contributed by atoms with E-state index < -0.39 is 30.0 Å². The number of aromatic nitrogens is 1. The molecule has 1 heterocycles. The Kier molecular flexibility index (Phi) is 6.47. The lowest BCUT2D eigenvalue weighted by atomic mass is 10.2. The first-order valence-electron chi connectivity index (χ1n) is 8.77. The third kappa shape index (κ3) is 5.42. The van der Waals surface area contributed by atoms with Crippen LogP contribution >= 0.6 is 11.6 Å². The highest BCUT2D eigenvalue weighted by Gasteiger charge is 2.34. The van der Waals surface area contributed by atoms with Gasteiger partial charge in [-0.15, -0.1) is 0 Å². The lowest BCUT2D eigenvalue weighted by Gasteiger charge is -2.14. The molecule has 9 heteroatoms. The summed E-state index contributed by atoms with van der Waals surface area (Å²) >= 11 is 6.11. The fourth-order valence-corrected chi connectivity index (χ4v) is 2.90. The number of nitrogens with one attached hydrogen (secondary N) is 1. The Hall–Kier alpha value is -3.26. The van der Waals surface area contributed by atoms with Crippen LogP contribution in [-0.4, -0.2) is 17.1 Å². The second-order valence-electron chi connectivity index (χ2n) is 6.31. The number of halogens is 4. The molecule has 0 aliphatic carbocycles. The Morgan fingerprint density at radius 3 is 2.47 bits per heavy atom. The van der Waals surface area contributed by atoms with E-state index >= 15 is 0 Å². The lowest BCUT2D eigenvalue weighted by Crippen LogP contribution is -2.24. The minimum Gasteiger partial charge on any atom is -0.483 e. The monoisotopic (exact) mass is 436 g/mol. The molecule has 0 saturated heterocycles. The highest BCUT2D eigenvalue weighted by Crippen LogP contribution is 2.35. The van der Waals surface area contributed by atoms with E-state index in [0.29, 0.717) is 10.7 Å². The predicted molar refractivity (Wildman–Crippen MR) is 107 cm³/mol. The SMILES string of the molecule is O=C(COc1ccccc1C(F)(F)F)Nc1ccc(=O)n(Cc2ccccc2Cl)c1. The number of alkyl halides is 3. The normalized spacial score (nSPS) is 11.2. The summed E-state index contributed by atoms with van der Waals surface area (Å²) in [5.41, 5.74) is -0.259. The summed E-state index contributed by atoms with van der Waals surface area (Å²) in [7, 11) is 0. The molecule has 2 aromatic carbocycles. The molecule has 0 unspecified atom stereocenters. The van der Waals surface area contributed by atoms with Crippen molar-refractivity contribution in [1.29, 1.82) is 0 Å². The van der Waals surface area contributed by atoms with Crippen LogP contribution in [-0.2, 0) is 17.5 Å². The highest BCUT2D eigenvalue weighted by atomic mass is 35.5. The predicted octanol–water partition coefficient (Wildman–Crippen LogP) is 4.59. The van der Waals surface area contributed by atoms with E-state index in [1.165, 1.54) is 35.0 Å². The highest BCUT2D eigenvalue weighted by molar-refractivity contribution is 6.31. The standard InChI is InChI=1S/C21H16ClF3N2O3/c22-17-7-3-1-5-14(17)11-27-12-15(9-10-20(27)29)26-19(28)13-30-18-8-4-2-6-16(18)21(23,24)25/h1-10,12H,11,13H2,(H,26,28). The Morgan fingerprint density at radius 1 is 1.03 bits per heavy atom. The molecule has 30 heavy (non-hydrogen) atoms. The quantitative estimate of drug-likeness (QED) is 0.615. The van der Waals surface area contributed by atoms with Crippen molar-refractivity contribution in [3.8, 4) is 5.75 Å². The van der Waals surface area contributed by atoms with Crippen LogP contribution in [0.25, 0.3) is 0 Å². The molecule has 5 nitrogen and oxygen atoms in total. The smallest absolute Gasteiger partial charge is 0.419 e. The van der Waals surface area contributed by atoms with Crippen molar-refractivity contribution in [2.75, 3.05) is 11.9 Å². The van der Waals surface area contributed by atoms with Crippen molar-refractivity contribution >= 4 is 23.2 Å². The van der Waals surface area contributed by atoms with Crippen LogP contribution < -0.4 is 15.6 Å². The Bertz CT molecular complexity index is 1110. The van der Waals surface area contributed by atoms with E-state index in [1.54, 1.807) is 24.3 Å². The number of anilines is 1. The Labute approximate surface area is 174 Å². The number of carbonyl (C=O) groups is 1. The van der Waals surface area contributed by atoms with E-state index in [2.05, 4.69) is 5.32 Å². The first-order valence-corrected chi connectivity index (χ1v) is 9.14. The lowest BCUT2D eigenvalue weighted by molar-refractivity contribution is -0.139. The molecule has 0 atom stereocenters. The van der Waals surface area contributed by atoms with Crippen LogP contribution in [0.5, 0.6) is 5.75 Å². The van der Waals surface area contributed by atoms with Gasteiger partial charge in [0.1, 0.15) is 5.75 Å². The average molecular weight is 437 g/mol. The molecule has 0 fully saturated rings. The summed E-state index contributed by atoms with van der Waals surface area (Å²) in [4.78, 5) is 24.2. The molecule has 0 aliphatic heterocycles. The first kappa shape index (κ1) is 21.4. The number of rotatable bonds is 6.